The third-order valence-electron chi connectivity index (χ3n) is 5.38. The maximum Gasteiger partial charge on any atom is 0.295 e. The number of carbonyl (C=O) groups excluding carboxylic acids is 2. The van der Waals surface area contributed by atoms with Crippen molar-refractivity contribution in [2.45, 2.75) is 19.9 Å². The van der Waals surface area contributed by atoms with E-state index in [1.165, 1.54) is 12.0 Å². The van der Waals surface area contributed by atoms with Crippen LogP contribution < -0.4 is 0 Å². The van der Waals surface area contributed by atoms with Crippen LogP contribution in [-0.4, -0.2) is 56.3 Å². The zero-order valence-electron chi connectivity index (χ0n) is 17.0. The molecule has 1 atom stereocenters. The first-order chi connectivity index (χ1) is 14.5. The second-order valence-corrected chi connectivity index (χ2v) is 7.20. The minimum atomic E-state index is -0.765. The monoisotopic (exact) mass is 406 g/mol. The van der Waals surface area contributed by atoms with Gasteiger partial charge in [0.05, 0.1) is 23.9 Å². The van der Waals surface area contributed by atoms with Gasteiger partial charge in [0.25, 0.3) is 11.7 Å². The standard InChI is InChI=1S/C22H22N4O4/c1-13-6-5-9-25-14(2)17(24-21(13)25)19(27)16-18(15-7-4-8-23-12-15)26(10-11-30-3)22(29)20(16)28/h4-9,12,18,27H,10-11H2,1-3H3/b19-16+. The Kier molecular flexibility index (Phi) is 5.09. The Labute approximate surface area is 173 Å². The molecule has 1 aliphatic heterocycles. The highest BCUT2D eigenvalue weighted by Crippen LogP contribution is 2.39. The Bertz CT molecular complexity index is 1170. The number of imidazole rings is 1. The second-order valence-electron chi connectivity index (χ2n) is 7.20. The van der Waals surface area contributed by atoms with E-state index in [1.54, 1.807) is 24.5 Å². The average molecular weight is 406 g/mol. The minimum absolute atomic E-state index is 0.00765. The van der Waals surface area contributed by atoms with E-state index in [2.05, 4.69) is 9.97 Å². The number of fused-ring (bicyclic) bond motifs is 1. The molecule has 0 spiro atoms. The van der Waals surface area contributed by atoms with E-state index in [1.807, 2.05) is 36.6 Å². The molecular weight excluding hydrogens is 384 g/mol. The van der Waals surface area contributed by atoms with Crippen LogP contribution in [0.25, 0.3) is 11.4 Å². The van der Waals surface area contributed by atoms with Crippen molar-refractivity contribution in [3.8, 4) is 0 Å². The first kappa shape index (κ1) is 19.8. The molecule has 0 aliphatic carbocycles. The van der Waals surface area contributed by atoms with Crippen molar-refractivity contribution in [3.63, 3.8) is 0 Å². The predicted molar refractivity (Wildman–Crippen MR) is 110 cm³/mol. The zero-order chi connectivity index (χ0) is 21.4. The Morgan fingerprint density at radius 3 is 2.70 bits per heavy atom. The number of nitrogens with zero attached hydrogens (tertiary/aromatic N) is 4. The lowest BCUT2D eigenvalue weighted by atomic mass is 9.97. The van der Waals surface area contributed by atoms with Gasteiger partial charge in [0.2, 0.25) is 0 Å². The van der Waals surface area contributed by atoms with Crippen molar-refractivity contribution < 1.29 is 19.4 Å². The molecule has 1 N–H and O–H groups in total. The van der Waals surface area contributed by atoms with Gasteiger partial charge in [0.1, 0.15) is 11.3 Å². The van der Waals surface area contributed by atoms with Crippen molar-refractivity contribution in [1.29, 1.82) is 0 Å². The quantitative estimate of drug-likeness (QED) is 0.397. The molecule has 1 saturated heterocycles. The highest BCUT2D eigenvalue weighted by Gasteiger charge is 2.46. The number of aliphatic hydroxyl groups is 1. The van der Waals surface area contributed by atoms with Crippen LogP contribution in [0.4, 0.5) is 0 Å². The van der Waals surface area contributed by atoms with Crippen LogP contribution >= 0.6 is 0 Å². The molecule has 1 unspecified atom stereocenters. The maximum absolute atomic E-state index is 13.0. The summed E-state index contributed by atoms with van der Waals surface area (Å²) >= 11 is 0. The molecule has 1 amide bonds. The van der Waals surface area contributed by atoms with E-state index in [0.717, 1.165) is 5.56 Å². The Morgan fingerprint density at radius 1 is 1.23 bits per heavy atom. The van der Waals surface area contributed by atoms with Gasteiger partial charge in [-0.1, -0.05) is 12.1 Å². The van der Waals surface area contributed by atoms with Crippen LogP contribution in [0.2, 0.25) is 0 Å². The Hall–Kier alpha value is -3.52. The number of hydrogen-bond acceptors (Lipinski definition) is 6. The van der Waals surface area contributed by atoms with Crippen molar-refractivity contribution >= 4 is 23.1 Å². The number of likely N-dealkylation sites (tertiary alicyclic amines) is 1. The second kappa shape index (κ2) is 7.72. The summed E-state index contributed by atoms with van der Waals surface area (Å²) < 4.78 is 6.96. The molecule has 1 fully saturated rings. The molecule has 8 heteroatoms. The van der Waals surface area contributed by atoms with Crippen LogP contribution in [0.3, 0.4) is 0 Å². The van der Waals surface area contributed by atoms with Gasteiger partial charge in [0, 0.05) is 32.2 Å². The van der Waals surface area contributed by atoms with Gasteiger partial charge in [-0.3, -0.25) is 14.6 Å². The van der Waals surface area contributed by atoms with E-state index in [4.69, 9.17) is 4.74 Å². The molecule has 0 saturated carbocycles. The SMILES string of the molecule is COCCN1C(=O)C(=O)/C(=C(/O)c2nc3c(C)cccn3c2C)C1c1cccnc1. The molecule has 4 rings (SSSR count). The number of pyridine rings is 2. The van der Waals surface area contributed by atoms with Gasteiger partial charge in [-0.2, -0.15) is 0 Å². The lowest BCUT2D eigenvalue weighted by Crippen LogP contribution is -2.32. The van der Waals surface area contributed by atoms with Crippen molar-refractivity contribution in [2.75, 3.05) is 20.3 Å². The Balaban J connectivity index is 1.93. The number of amides is 1. The molecule has 4 heterocycles. The van der Waals surface area contributed by atoms with Crippen molar-refractivity contribution in [1.82, 2.24) is 19.3 Å². The van der Waals surface area contributed by atoms with Crippen molar-refractivity contribution in [3.05, 3.63) is 70.9 Å². The molecule has 0 bridgehead atoms. The largest absolute Gasteiger partial charge is 0.505 e. The van der Waals surface area contributed by atoms with Crippen LogP contribution in [-0.2, 0) is 14.3 Å². The third-order valence-corrected chi connectivity index (χ3v) is 5.38. The van der Waals surface area contributed by atoms with Gasteiger partial charge in [-0.25, -0.2) is 4.98 Å². The first-order valence-corrected chi connectivity index (χ1v) is 9.57. The van der Waals surface area contributed by atoms with E-state index >= 15 is 0 Å². The fourth-order valence-electron chi connectivity index (χ4n) is 3.86. The maximum atomic E-state index is 13.0. The molecule has 0 radical (unpaired) electrons. The number of rotatable bonds is 5. The lowest BCUT2D eigenvalue weighted by Gasteiger charge is -2.24. The molecule has 1 aliphatic rings. The highest BCUT2D eigenvalue weighted by atomic mass is 16.5. The lowest BCUT2D eigenvalue weighted by molar-refractivity contribution is -0.140. The average Bonchev–Trinajstić information content (AvgIpc) is 3.22. The number of ether oxygens (including phenoxy) is 1. The zero-order valence-corrected chi connectivity index (χ0v) is 17.0. The van der Waals surface area contributed by atoms with E-state index in [9.17, 15) is 14.7 Å². The number of carbonyl (C=O) groups is 2. The fraction of sp³-hybridized carbons (Fsp3) is 0.273. The summed E-state index contributed by atoms with van der Waals surface area (Å²) in [7, 11) is 1.53. The number of aromatic nitrogens is 3. The van der Waals surface area contributed by atoms with Gasteiger partial charge in [-0.15, -0.1) is 0 Å². The third kappa shape index (κ3) is 3.05. The fourth-order valence-corrected chi connectivity index (χ4v) is 3.86. The van der Waals surface area contributed by atoms with Gasteiger partial charge in [0.15, 0.2) is 5.76 Å². The summed E-state index contributed by atoms with van der Waals surface area (Å²) in [5.74, 6) is -1.71. The van der Waals surface area contributed by atoms with Gasteiger partial charge < -0.3 is 19.1 Å². The summed E-state index contributed by atoms with van der Waals surface area (Å²) in [6.45, 7) is 4.20. The van der Waals surface area contributed by atoms with E-state index < -0.39 is 17.7 Å². The molecule has 154 valence electrons. The van der Waals surface area contributed by atoms with Gasteiger partial charge in [-0.05, 0) is 37.1 Å². The minimum Gasteiger partial charge on any atom is -0.505 e. The summed E-state index contributed by atoms with van der Waals surface area (Å²) in [6, 6.07) is 6.55. The Morgan fingerprint density at radius 2 is 2.03 bits per heavy atom. The smallest absolute Gasteiger partial charge is 0.295 e. The molecule has 0 aromatic carbocycles. The first-order valence-electron chi connectivity index (χ1n) is 9.57. The molecule has 3 aromatic heterocycles. The van der Waals surface area contributed by atoms with Crippen LogP contribution in [0.5, 0.6) is 0 Å². The van der Waals surface area contributed by atoms with Crippen LogP contribution in [0.1, 0.15) is 28.6 Å². The van der Waals surface area contributed by atoms with E-state index in [0.29, 0.717) is 16.9 Å². The topological polar surface area (TPSA) is 97.0 Å². The van der Waals surface area contributed by atoms with Crippen LogP contribution in [0.15, 0.2) is 48.4 Å². The van der Waals surface area contributed by atoms with E-state index in [-0.39, 0.29) is 30.2 Å². The number of Topliss-reactive ketones (excluding diaryl/α,β-unsaturated/α-hetero) is 1. The highest BCUT2D eigenvalue weighted by molar-refractivity contribution is 6.46. The summed E-state index contributed by atoms with van der Waals surface area (Å²) in [5, 5.41) is 11.2. The number of aliphatic hydroxyl groups excluding tert-OH is 1. The molecule has 8 nitrogen and oxygen atoms in total. The summed E-state index contributed by atoms with van der Waals surface area (Å²) in [5.41, 5.74) is 3.22. The number of ketones is 1. The summed E-state index contributed by atoms with van der Waals surface area (Å²) in [6.07, 6.45) is 5.04. The van der Waals surface area contributed by atoms with Crippen LogP contribution in [0, 0.1) is 13.8 Å². The molecule has 3 aromatic rings. The predicted octanol–water partition coefficient (Wildman–Crippen LogP) is 2.41. The molecule has 30 heavy (non-hydrogen) atoms. The van der Waals surface area contributed by atoms with Crippen molar-refractivity contribution in [2.24, 2.45) is 0 Å². The normalized spacial score (nSPS) is 18.5. The van der Waals surface area contributed by atoms with Gasteiger partial charge >= 0.3 is 0 Å². The number of aryl methyl sites for hydroxylation is 2. The summed E-state index contributed by atoms with van der Waals surface area (Å²) in [4.78, 5) is 35.8. The number of methoxy groups -OCH3 is 1. The molecular formula is C22H22N4O4. The number of hydrogen-bond donors (Lipinski definition) is 1.